The number of nitrogens with zero attached hydrogens (tertiary/aromatic N) is 2. The Morgan fingerprint density at radius 3 is 2.84 bits per heavy atom. The normalized spacial score (nSPS) is 10.2. The first-order chi connectivity index (χ1) is 9.17. The average molecular weight is 323 g/mol. The number of aldehydes is 1. The predicted molar refractivity (Wildman–Crippen MR) is 72.6 cm³/mol. The lowest BCUT2D eigenvalue weighted by Crippen LogP contribution is -2.08. The Morgan fingerprint density at radius 2 is 2.21 bits per heavy atom. The van der Waals surface area contributed by atoms with E-state index in [1.807, 2.05) is 24.3 Å². The van der Waals surface area contributed by atoms with Crippen molar-refractivity contribution in [2.24, 2.45) is 0 Å². The van der Waals surface area contributed by atoms with E-state index in [-0.39, 0.29) is 17.9 Å². The second-order valence-corrected chi connectivity index (χ2v) is 4.52. The Morgan fingerprint density at radius 1 is 1.47 bits per heavy atom. The second kappa shape index (κ2) is 5.79. The number of esters is 1. The number of carbonyl (C=O) groups is 2. The molecule has 1 heterocycles. The summed E-state index contributed by atoms with van der Waals surface area (Å²) >= 11 is 3.39. The molecule has 0 unspecified atom stereocenters. The Bertz CT molecular complexity index is 622. The van der Waals surface area contributed by atoms with E-state index in [9.17, 15) is 9.59 Å². The van der Waals surface area contributed by atoms with Crippen LogP contribution in [0.3, 0.4) is 0 Å². The Kier molecular flexibility index (Phi) is 4.11. The molecule has 2 aromatic rings. The highest BCUT2D eigenvalue weighted by Crippen LogP contribution is 2.21. The minimum absolute atomic E-state index is 0.0209. The minimum Gasteiger partial charge on any atom is -0.461 e. The molecule has 0 radical (unpaired) electrons. The molecule has 0 fully saturated rings. The van der Waals surface area contributed by atoms with Crippen LogP contribution in [0.2, 0.25) is 0 Å². The first-order valence-electron chi connectivity index (χ1n) is 5.64. The van der Waals surface area contributed by atoms with E-state index in [4.69, 9.17) is 4.74 Å². The zero-order chi connectivity index (χ0) is 13.8. The molecule has 0 amide bonds. The fourth-order valence-corrected chi connectivity index (χ4v) is 2.06. The van der Waals surface area contributed by atoms with Gasteiger partial charge in [-0.1, -0.05) is 12.1 Å². The third kappa shape index (κ3) is 2.73. The van der Waals surface area contributed by atoms with Crippen molar-refractivity contribution in [2.75, 3.05) is 6.61 Å². The number of halogens is 1. The number of benzene rings is 1. The molecule has 0 atom stereocenters. The zero-order valence-electron chi connectivity index (χ0n) is 10.2. The maximum Gasteiger partial charge on any atom is 0.359 e. The summed E-state index contributed by atoms with van der Waals surface area (Å²) in [5.74, 6) is -0.601. The van der Waals surface area contributed by atoms with E-state index in [1.54, 1.807) is 6.92 Å². The van der Waals surface area contributed by atoms with Crippen LogP contribution in [0, 0.1) is 0 Å². The van der Waals surface area contributed by atoms with E-state index in [1.165, 1.54) is 10.9 Å². The fraction of sp³-hybridized carbons (Fsp3) is 0.154. The quantitative estimate of drug-likeness (QED) is 0.641. The molecule has 0 saturated heterocycles. The van der Waals surface area contributed by atoms with Crippen LogP contribution in [-0.2, 0) is 4.74 Å². The molecule has 2 rings (SSSR count). The number of hydrogen-bond acceptors (Lipinski definition) is 4. The highest BCUT2D eigenvalue weighted by molar-refractivity contribution is 9.10. The molecule has 19 heavy (non-hydrogen) atoms. The number of carbonyl (C=O) groups excluding carboxylic acids is 2. The van der Waals surface area contributed by atoms with Gasteiger partial charge in [-0.2, -0.15) is 5.10 Å². The average Bonchev–Trinajstić information content (AvgIpc) is 2.83. The fourth-order valence-electron chi connectivity index (χ4n) is 1.59. The smallest absolute Gasteiger partial charge is 0.359 e. The first-order valence-corrected chi connectivity index (χ1v) is 6.43. The molecule has 98 valence electrons. The summed E-state index contributed by atoms with van der Waals surface area (Å²) in [5.41, 5.74) is 0.961. The standard InChI is InChI=1S/C13H11BrN2O3/c1-2-19-13(18)12-9(8-17)7-16(15-12)11-6-4-3-5-10(11)14/h3-8H,2H2,1H3. The summed E-state index contributed by atoms with van der Waals surface area (Å²) in [7, 11) is 0. The van der Waals surface area contributed by atoms with E-state index in [0.717, 1.165) is 10.2 Å². The first kappa shape index (κ1) is 13.5. The van der Waals surface area contributed by atoms with Crippen molar-refractivity contribution in [3.05, 3.63) is 46.2 Å². The predicted octanol–water partition coefficient (Wildman–Crippen LogP) is 2.62. The summed E-state index contributed by atoms with van der Waals surface area (Å²) in [4.78, 5) is 22.7. The molecule has 6 heteroatoms. The van der Waals surface area contributed by atoms with E-state index < -0.39 is 5.97 Å². The summed E-state index contributed by atoms with van der Waals surface area (Å²) in [6, 6.07) is 7.37. The Balaban J connectivity index is 2.47. The van der Waals surface area contributed by atoms with Gasteiger partial charge in [-0.25, -0.2) is 9.48 Å². The van der Waals surface area contributed by atoms with Crippen LogP contribution in [0.1, 0.15) is 27.8 Å². The van der Waals surface area contributed by atoms with Gasteiger partial charge in [0.2, 0.25) is 0 Å². The third-order valence-corrected chi connectivity index (χ3v) is 3.11. The molecule has 0 aliphatic carbocycles. The number of rotatable bonds is 4. The van der Waals surface area contributed by atoms with Crippen molar-refractivity contribution in [3.8, 4) is 5.69 Å². The molecule has 0 aliphatic heterocycles. The van der Waals surface area contributed by atoms with Crippen molar-refractivity contribution in [1.82, 2.24) is 9.78 Å². The van der Waals surface area contributed by atoms with Crippen LogP contribution in [0.4, 0.5) is 0 Å². The largest absolute Gasteiger partial charge is 0.461 e. The molecule has 5 nitrogen and oxygen atoms in total. The van der Waals surface area contributed by atoms with E-state index >= 15 is 0 Å². The second-order valence-electron chi connectivity index (χ2n) is 3.67. The van der Waals surface area contributed by atoms with Gasteiger partial charge in [-0.3, -0.25) is 4.79 Å². The SMILES string of the molecule is CCOC(=O)c1nn(-c2ccccc2Br)cc1C=O. The zero-order valence-corrected chi connectivity index (χ0v) is 11.8. The maximum absolute atomic E-state index is 11.7. The molecular formula is C13H11BrN2O3. The molecule has 0 saturated carbocycles. The van der Waals surface area contributed by atoms with Gasteiger partial charge >= 0.3 is 5.97 Å². The molecule has 0 bridgehead atoms. The van der Waals surface area contributed by atoms with Crippen molar-refractivity contribution in [1.29, 1.82) is 0 Å². The van der Waals surface area contributed by atoms with Gasteiger partial charge in [0.25, 0.3) is 0 Å². The van der Waals surface area contributed by atoms with Gasteiger partial charge in [0, 0.05) is 10.7 Å². The summed E-state index contributed by atoms with van der Waals surface area (Å²) in [5, 5.41) is 4.11. The molecule has 1 aromatic carbocycles. The number of ether oxygens (including phenoxy) is 1. The number of hydrogen-bond donors (Lipinski definition) is 0. The third-order valence-electron chi connectivity index (χ3n) is 2.44. The van der Waals surface area contributed by atoms with Crippen LogP contribution in [0.25, 0.3) is 5.69 Å². The molecule has 0 spiro atoms. The number of aromatic nitrogens is 2. The van der Waals surface area contributed by atoms with Gasteiger partial charge in [0.1, 0.15) is 0 Å². The summed E-state index contributed by atoms with van der Waals surface area (Å²) in [6.45, 7) is 1.93. The van der Waals surface area contributed by atoms with Crippen molar-refractivity contribution < 1.29 is 14.3 Å². The topological polar surface area (TPSA) is 61.2 Å². The van der Waals surface area contributed by atoms with Gasteiger partial charge in [0.05, 0.1) is 17.9 Å². The van der Waals surface area contributed by atoms with Gasteiger partial charge < -0.3 is 4.74 Å². The molecule has 1 aromatic heterocycles. The highest BCUT2D eigenvalue weighted by atomic mass is 79.9. The van der Waals surface area contributed by atoms with Gasteiger partial charge in [0.15, 0.2) is 12.0 Å². The van der Waals surface area contributed by atoms with Crippen LogP contribution >= 0.6 is 15.9 Å². The maximum atomic E-state index is 11.7. The highest BCUT2D eigenvalue weighted by Gasteiger charge is 2.18. The van der Waals surface area contributed by atoms with Gasteiger partial charge in [-0.15, -0.1) is 0 Å². The molecular weight excluding hydrogens is 312 g/mol. The molecule has 0 aliphatic rings. The lowest BCUT2D eigenvalue weighted by atomic mass is 10.3. The van der Waals surface area contributed by atoms with Crippen LogP contribution in [0.5, 0.6) is 0 Å². The van der Waals surface area contributed by atoms with E-state index in [2.05, 4.69) is 21.0 Å². The number of para-hydroxylation sites is 1. The van der Waals surface area contributed by atoms with Crippen molar-refractivity contribution >= 4 is 28.2 Å². The van der Waals surface area contributed by atoms with Crippen LogP contribution in [0.15, 0.2) is 34.9 Å². The van der Waals surface area contributed by atoms with Crippen LogP contribution in [-0.4, -0.2) is 28.6 Å². The monoisotopic (exact) mass is 322 g/mol. The molecule has 0 N–H and O–H groups in total. The lowest BCUT2D eigenvalue weighted by molar-refractivity contribution is 0.0517. The Hall–Kier alpha value is -1.95. The van der Waals surface area contributed by atoms with Crippen LogP contribution < -0.4 is 0 Å². The summed E-state index contributed by atoms with van der Waals surface area (Å²) in [6.07, 6.45) is 2.09. The van der Waals surface area contributed by atoms with Gasteiger partial charge in [-0.05, 0) is 35.0 Å². The Labute approximate surface area is 118 Å². The minimum atomic E-state index is -0.601. The lowest BCUT2D eigenvalue weighted by Gasteiger charge is -2.03. The van der Waals surface area contributed by atoms with E-state index in [0.29, 0.717) is 6.29 Å². The van der Waals surface area contributed by atoms with Crippen molar-refractivity contribution in [2.45, 2.75) is 6.92 Å². The van der Waals surface area contributed by atoms with Crippen molar-refractivity contribution in [3.63, 3.8) is 0 Å². The summed E-state index contributed by atoms with van der Waals surface area (Å²) < 4.78 is 7.15.